The van der Waals surface area contributed by atoms with Gasteiger partial charge < -0.3 is 4.74 Å². The average Bonchev–Trinajstić information content (AvgIpc) is 2.60. The van der Waals surface area contributed by atoms with Crippen LogP contribution in [-0.2, 0) is 10.5 Å². The normalized spacial score (nSPS) is 31.5. The largest absolute Gasteiger partial charge is 0.354 e. The standard InChI is InChI=1S/C9H12ClNOS.ClH/c1-6-5-12-9(2,11-6)7-3-4-8(10)13-7;/h3-4,6,11H,5H2,1-2H3;1H. The van der Waals surface area contributed by atoms with Crippen molar-refractivity contribution in [1.29, 1.82) is 0 Å². The maximum absolute atomic E-state index is 5.87. The quantitative estimate of drug-likeness (QED) is 0.831. The summed E-state index contributed by atoms with van der Waals surface area (Å²) in [6.07, 6.45) is 0. The molecule has 1 N–H and O–H groups in total. The van der Waals surface area contributed by atoms with Crippen LogP contribution in [0.1, 0.15) is 18.7 Å². The molecule has 0 aliphatic carbocycles. The van der Waals surface area contributed by atoms with Crippen LogP contribution in [-0.4, -0.2) is 12.6 Å². The van der Waals surface area contributed by atoms with Gasteiger partial charge >= 0.3 is 0 Å². The van der Waals surface area contributed by atoms with Crippen molar-refractivity contribution in [3.05, 3.63) is 21.3 Å². The van der Waals surface area contributed by atoms with Gasteiger partial charge in [-0.25, -0.2) is 0 Å². The molecular weight excluding hydrogens is 241 g/mol. The van der Waals surface area contributed by atoms with Crippen LogP contribution in [0.15, 0.2) is 12.1 Å². The molecule has 14 heavy (non-hydrogen) atoms. The first-order valence-corrected chi connectivity index (χ1v) is 5.47. The fourth-order valence-corrected chi connectivity index (χ4v) is 2.67. The Hall–Kier alpha value is 0.200. The Morgan fingerprint density at radius 1 is 1.64 bits per heavy atom. The van der Waals surface area contributed by atoms with Gasteiger partial charge in [0.15, 0.2) is 5.72 Å². The highest BCUT2D eigenvalue weighted by molar-refractivity contribution is 7.16. The number of nitrogens with one attached hydrogen (secondary N) is 1. The van der Waals surface area contributed by atoms with E-state index in [-0.39, 0.29) is 18.1 Å². The number of ether oxygens (including phenoxy) is 1. The minimum Gasteiger partial charge on any atom is -0.354 e. The van der Waals surface area contributed by atoms with Gasteiger partial charge in [-0.2, -0.15) is 0 Å². The van der Waals surface area contributed by atoms with Crippen LogP contribution in [0.4, 0.5) is 0 Å². The Morgan fingerprint density at radius 2 is 2.36 bits per heavy atom. The molecule has 1 aliphatic heterocycles. The van der Waals surface area contributed by atoms with Crippen LogP contribution in [0.2, 0.25) is 4.34 Å². The molecule has 0 bridgehead atoms. The maximum atomic E-state index is 5.87. The zero-order chi connectivity index (χ0) is 9.47. The zero-order valence-corrected chi connectivity index (χ0v) is 10.4. The van der Waals surface area contributed by atoms with Crippen molar-refractivity contribution < 1.29 is 4.74 Å². The molecule has 0 spiro atoms. The summed E-state index contributed by atoms with van der Waals surface area (Å²) in [6, 6.07) is 4.32. The first-order valence-electron chi connectivity index (χ1n) is 4.27. The number of thiophene rings is 1. The lowest BCUT2D eigenvalue weighted by Gasteiger charge is -2.22. The maximum Gasteiger partial charge on any atom is 0.152 e. The molecule has 1 saturated heterocycles. The van der Waals surface area contributed by atoms with E-state index in [0.29, 0.717) is 6.04 Å². The minimum atomic E-state index is -0.336. The smallest absolute Gasteiger partial charge is 0.152 e. The van der Waals surface area contributed by atoms with Gasteiger partial charge in [0.05, 0.1) is 15.8 Å². The lowest BCUT2D eigenvalue weighted by molar-refractivity contribution is 0.00550. The first-order chi connectivity index (χ1) is 6.10. The van der Waals surface area contributed by atoms with Gasteiger partial charge in [-0.1, -0.05) is 11.6 Å². The highest BCUT2D eigenvalue weighted by Gasteiger charge is 2.36. The van der Waals surface area contributed by atoms with Crippen LogP contribution in [0.3, 0.4) is 0 Å². The predicted octanol–water partition coefficient (Wildman–Crippen LogP) is 3.00. The monoisotopic (exact) mass is 253 g/mol. The summed E-state index contributed by atoms with van der Waals surface area (Å²) in [5.74, 6) is 0. The highest BCUT2D eigenvalue weighted by atomic mass is 35.5. The van der Waals surface area contributed by atoms with Crippen LogP contribution in [0.25, 0.3) is 0 Å². The van der Waals surface area contributed by atoms with Crippen molar-refractivity contribution in [3.8, 4) is 0 Å². The minimum absolute atomic E-state index is 0. The molecule has 80 valence electrons. The van der Waals surface area contributed by atoms with Crippen LogP contribution in [0.5, 0.6) is 0 Å². The van der Waals surface area contributed by atoms with Gasteiger partial charge in [0.2, 0.25) is 0 Å². The van der Waals surface area contributed by atoms with Gasteiger partial charge in [-0.15, -0.1) is 23.7 Å². The molecule has 2 rings (SSSR count). The first kappa shape index (κ1) is 12.3. The summed E-state index contributed by atoms with van der Waals surface area (Å²) in [5, 5.41) is 3.39. The Kier molecular flexibility index (Phi) is 3.83. The van der Waals surface area contributed by atoms with Crippen molar-refractivity contribution >= 4 is 35.3 Å². The van der Waals surface area contributed by atoms with Crippen molar-refractivity contribution in [1.82, 2.24) is 5.32 Å². The molecule has 1 aromatic heterocycles. The molecule has 0 amide bonds. The third kappa shape index (κ3) is 2.23. The summed E-state index contributed by atoms with van der Waals surface area (Å²) >= 11 is 7.44. The Morgan fingerprint density at radius 3 is 2.79 bits per heavy atom. The van der Waals surface area contributed by atoms with Gasteiger partial charge in [0, 0.05) is 6.04 Å². The van der Waals surface area contributed by atoms with Crippen molar-refractivity contribution in [2.45, 2.75) is 25.6 Å². The highest BCUT2D eigenvalue weighted by Crippen LogP contribution is 2.34. The molecule has 1 fully saturated rings. The number of hydrogen-bond acceptors (Lipinski definition) is 3. The van der Waals surface area contributed by atoms with E-state index in [2.05, 4.69) is 12.2 Å². The second-order valence-electron chi connectivity index (χ2n) is 3.49. The van der Waals surface area contributed by atoms with Gasteiger partial charge in [0.1, 0.15) is 0 Å². The molecule has 2 unspecified atom stereocenters. The van der Waals surface area contributed by atoms with E-state index in [1.165, 1.54) is 0 Å². The van der Waals surface area contributed by atoms with E-state index in [0.717, 1.165) is 15.8 Å². The lowest BCUT2D eigenvalue weighted by Crippen LogP contribution is -2.36. The molecule has 0 aromatic carbocycles. The van der Waals surface area contributed by atoms with Crippen LogP contribution >= 0.6 is 35.3 Å². The van der Waals surface area contributed by atoms with Gasteiger partial charge in [0.25, 0.3) is 0 Å². The Bertz CT molecular complexity index is 318. The molecule has 1 aliphatic rings. The van der Waals surface area contributed by atoms with E-state index in [4.69, 9.17) is 16.3 Å². The van der Waals surface area contributed by atoms with Gasteiger partial charge in [-0.05, 0) is 26.0 Å². The number of rotatable bonds is 1. The van der Waals surface area contributed by atoms with Crippen molar-refractivity contribution in [2.24, 2.45) is 0 Å². The third-order valence-corrected chi connectivity index (χ3v) is 3.62. The van der Waals surface area contributed by atoms with E-state index in [1.807, 2.05) is 19.1 Å². The van der Waals surface area contributed by atoms with E-state index in [1.54, 1.807) is 11.3 Å². The molecule has 0 radical (unpaired) electrons. The summed E-state index contributed by atoms with van der Waals surface area (Å²) in [6.45, 7) is 4.91. The van der Waals surface area contributed by atoms with Crippen molar-refractivity contribution in [2.75, 3.05) is 6.61 Å². The molecule has 5 heteroatoms. The Labute approximate surface area is 99.0 Å². The molecular formula is C9H13Cl2NOS. The molecule has 2 atom stereocenters. The number of halogens is 2. The van der Waals surface area contributed by atoms with Gasteiger partial charge in [-0.3, -0.25) is 5.32 Å². The lowest BCUT2D eigenvalue weighted by atomic mass is 10.2. The van der Waals surface area contributed by atoms with Crippen molar-refractivity contribution in [3.63, 3.8) is 0 Å². The summed E-state index contributed by atoms with van der Waals surface area (Å²) in [4.78, 5) is 1.14. The molecule has 2 nitrogen and oxygen atoms in total. The second kappa shape index (κ2) is 4.37. The molecule has 2 heterocycles. The fourth-order valence-electron chi connectivity index (χ4n) is 1.56. The second-order valence-corrected chi connectivity index (χ2v) is 5.21. The predicted molar refractivity (Wildman–Crippen MR) is 62.5 cm³/mol. The topological polar surface area (TPSA) is 21.3 Å². The molecule has 1 aromatic rings. The summed E-state index contributed by atoms with van der Waals surface area (Å²) < 4.78 is 6.50. The van der Waals surface area contributed by atoms with Crippen LogP contribution < -0.4 is 5.32 Å². The SMILES string of the molecule is CC1COC(C)(c2ccc(Cl)s2)N1.Cl. The van der Waals surface area contributed by atoms with E-state index < -0.39 is 0 Å². The summed E-state index contributed by atoms with van der Waals surface area (Å²) in [7, 11) is 0. The summed E-state index contributed by atoms with van der Waals surface area (Å²) in [5.41, 5.74) is -0.336. The fraction of sp³-hybridized carbons (Fsp3) is 0.556. The Balaban J connectivity index is 0.000000980. The van der Waals surface area contributed by atoms with Crippen LogP contribution in [0, 0.1) is 0 Å². The van der Waals surface area contributed by atoms with E-state index in [9.17, 15) is 0 Å². The zero-order valence-electron chi connectivity index (χ0n) is 8.04. The average molecular weight is 254 g/mol. The molecule has 0 saturated carbocycles. The number of hydrogen-bond donors (Lipinski definition) is 1. The van der Waals surface area contributed by atoms with E-state index >= 15 is 0 Å². The third-order valence-electron chi connectivity index (χ3n) is 2.19.